The van der Waals surface area contributed by atoms with Gasteiger partial charge in [-0.25, -0.2) is 0 Å². The Morgan fingerprint density at radius 3 is 1.71 bits per heavy atom. The van der Waals surface area contributed by atoms with Gasteiger partial charge < -0.3 is 9.16 Å². The monoisotopic (exact) mass is 332 g/mol. The van der Waals surface area contributed by atoms with Gasteiger partial charge in [0.2, 0.25) is 0 Å². The minimum Gasteiger partial charge on any atom is -0.537 e. The molecule has 0 bridgehead atoms. The fourth-order valence-electron chi connectivity index (χ4n) is 2.57. The molecule has 2 nitrogen and oxygen atoms in total. The summed E-state index contributed by atoms with van der Waals surface area (Å²) in [5.41, 5.74) is 0.972. The van der Waals surface area contributed by atoms with Gasteiger partial charge in [-0.05, 0) is 34.6 Å². The summed E-state index contributed by atoms with van der Waals surface area (Å²) in [5, 5.41) is 2.47. The second kappa shape index (κ2) is 7.66. The second-order valence-electron chi connectivity index (χ2n) is 5.47. The van der Waals surface area contributed by atoms with Crippen molar-refractivity contribution in [3.8, 4) is 5.75 Å². The first-order valence-corrected chi connectivity index (χ1v) is 9.50. The Morgan fingerprint density at radius 1 is 0.750 bits per heavy atom. The Hall–Kier alpha value is -2.78. The summed E-state index contributed by atoms with van der Waals surface area (Å²) in [6.07, 6.45) is 0. The maximum atomic E-state index is 6.39. The van der Waals surface area contributed by atoms with Crippen molar-refractivity contribution in [3.63, 3.8) is 0 Å². The largest absolute Gasteiger partial charge is 0.537 e. The van der Waals surface area contributed by atoms with Gasteiger partial charge in [-0.1, -0.05) is 67.2 Å². The van der Waals surface area contributed by atoms with E-state index in [0.717, 1.165) is 11.3 Å². The summed E-state index contributed by atoms with van der Waals surface area (Å²) in [6, 6.07) is 28.6. The van der Waals surface area contributed by atoms with Crippen LogP contribution in [0.25, 0.3) is 5.76 Å². The Balaban J connectivity index is 1.87. The number of ether oxygens (including phenoxy) is 1. The van der Waals surface area contributed by atoms with E-state index in [2.05, 4.69) is 55.1 Å². The van der Waals surface area contributed by atoms with E-state index in [4.69, 9.17) is 9.16 Å². The summed E-state index contributed by atoms with van der Waals surface area (Å²) in [7, 11) is -0.168. The Labute approximate surface area is 144 Å². The number of hydrogen-bond donors (Lipinski definition) is 0. The Morgan fingerprint density at radius 2 is 1.25 bits per heavy atom. The van der Waals surface area contributed by atoms with Gasteiger partial charge in [0, 0.05) is 5.56 Å². The van der Waals surface area contributed by atoms with Gasteiger partial charge in [-0.2, -0.15) is 0 Å². The molecule has 0 aliphatic heterocycles. The van der Waals surface area contributed by atoms with Gasteiger partial charge in [-0.15, -0.1) is 0 Å². The average Bonchev–Trinajstić information content (AvgIpc) is 2.67. The summed E-state index contributed by atoms with van der Waals surface area (Å²) in [4.78, 5) is 0. The van der Waals surface area contributed by atoms with Crippen LogP contribution in [0, 0.1) is 0 Å². The molecule has 0 saturated carbocycles. The Kier molecular flexibility index (Phi) is 5.14. The highest BCUT2D eigenvalue weighted by Gasteiger charge is 2.20. The zero-order valence-corrected chi connectivity index (χ0v) is 14.8. The summed E-state index contributed by atoms with van der Waals surface area (Å²) in [6.45, 7) is 4.14. The number of benzene rings is 3. The van der Waals surface area contributed by atoms with Gasteiger partial charge in [0.25, 0.3) is 9.04 Å². The van der Waals surface area contributed by atoms with Gasteiger partial charge in [-0.3, -0.25) is 0 Å². The highest BCUT2D eigenvalue weighted by Crippen LogP contribution is 2.19. The molecule has 3 aromatic carbocycles. The van der Waals surface area contributed by atoms with E-state index < -0.39 is 9.04 Å². The molecule has 3 rings (SSSR count). The van der Waals surface area contributed by atoms with Crippen molar-refractivity contribution in [1.29, 1.82) is 0 Å². The van der Waals surface area contributed by atoms with Crippen LogP contribution in [0.3, 0.4) is 0 Å². The molecule has 3 aromatic rings. The van der Waals surface area contributed by atoms with Crippen LogP contribution in [-0.4, -0.2) is 16.2 Å². The maximum Gasteiger partial charge on any atom is 0.299 e. The minimum absolute atomic E-state index is 0.696. The fraction of sp³-hybridized carbons (Fsp3) is 0.0476. The lowest BCUT2D eigenvalue weighted by atomic mass is 10.2. The van der Waals surface area contributed by atoms with E-state index in [1.165, 1.54) is 10.4 Å². The third-order valence-corrected chi connectivity index (χ3v) is 6.38. The van der Waals surface area contributed by atoms with Crippen LogP contribution in [0.4, 0.5) is 0 Å². The highest BCUT2D eigenvalue weighted by atomic mass is 28.3. The molecule has 0 aromatic heterocycles. The molecule has 0 radical (unpaired) electrons. The molecule has 0 amide bonds. The van der Waals surface area contributed by atoms with E-state index in [1.54, 1.807) is 7.11 Å². The van der Waals surface area contributed by atoms with Gasteiger partial charge in [0.05, 0.1) is 7.11 Å². The lowest BCUT2D eigenvalue weighted by Crippen LogP contribution is -2.44. The molecule has 0 aliphatic carbocycles. The van der Waals surface area contributed by atoms with Crippen LogP contribution in [0.2, 0.25) is 0 Å². The summed E-state index contributed by atoms with van der Waals surface area (Å²) >= 11 is 0. The summed E-state index contributed by atoms with van der Waals surface area (Å²) < 4.78 is 11.6. The molecule has 0 spiro atoms. The van der Waals surface area contributed by atoms with E-state index in [0.29, 0.717) is 5.76 Å². The number of methoxy groups -OCH3 is 1. The first-order chi connectivity index (χ1) is 11.8. The first-order valence-electron chi connectivity index (χ1n) is 7.88. The lowest BCUT2D eigenvalue weighted by molar-refractivity contribution is 0.414. The van der Waals surface area contributed by atoms with Crippen LogP contribution >= 0.6 is 0 Å². The van der Waals surface area contributed by atoms with Crippen molar-refractivity contribution in [2.45, 2.75) is 0 Å². The van der Waals surface area contributed by atoms with Crippen LogP contribution in [0.15, 0.2) is 91.5 Å². The molecule has 24 heavy (non-hydrogen) atoms. The maximum absolute atomic E-state index is 6.39. The predicted molar refractivity (Wildman–Crippen MR) is 102 cm³/mol. The van der Waals surface area contributed by atoms with Crippen molar-refractivity contribution in [2.75, 3.05) is 7.11 Å². The van der Waals surface area contributed by atoms with E-state index in [-0.39, 0.29) is 0 Å². The molecule has 0 unspecified atom stereocenters. The summed E-state index contributed by atoms with van der Waals surface area (Å²) in [5.74, 6) is 1.52. The van der Waals surface area contributed by atoms with Crippen LogP contribution < -0.4 is 15.1 Å². The van der Waals surface area contributed by atoms with Crippen LogP contribution in [0.5, 0.6) is 5.75 Å². The van der Waals surface area contributed by atoms with Gasteiger partial charge in [0.15, 0.2) is 0 Å². The molecule has 0 fully saturated rings. The average molecular weight is 332 g/mol. The number of hydrogen-bond acceptors (Lipinski definition) is 2. The molecule has 0 saturated heterocycles. The molecule has 3 heteroatoms. The van der Waals surface area contributed by atoms with E-state index >= 15 is 0 Å². The van der Waals surface area contributed by atoms with Gasteiger partial charge >= 0.3 is 0 Å². The van der Waals surface area contributed by atoms with Crippen molar-refractivity contribution in [2.24, 2.45) is 0 Å². The van der Waals surface area contributed by atoms with Crippen molar-refractivity contribution >= 4 is 25.2 Å². The number of rotatable bonds is 6. The van der Waals surface area contributed by atoms with Crippen LogP contribution in [0.1, 0.15) is 5.56 Å². The molecule has 0 aliphatic rings. The quantitative estimate of drug-likeness (QED) is 0.510. The highest BCUT2D eigenvalue weighted by molar-refractivity contribution is 6.80. The van der Waals surface area contributed by atoms with Gasteiger partial charge in [0.1, 0.15) is 11.5 Å². The zero-order chi connectivity index (χ0) is 16.8. The smallest absolute Gasteiger partial charge is 0.299 e. The third-order valence-electron chi connectivity index (χ3n) is 3.88. The van der Waals surface area contributed by atoms with E-state index in [9.17, 15) is 0 Å². The first kappa shape index (κ1) is 16.1. The standard InChI is InChI=1S/C21H20O2Si/c1-17(18-13-15-19(22-2)16-14-18)23-24(20-9-5-3-6-10-20)21-11-7-4-8-12-21/h3-16,24H,1H2,2H3. The zero-order valence-electron chi connectivity index (χ0n) is 13.7. The van der Waals surface area contributed by atoms with Crippen LogP contribution in [-0.2, 0) is 4.43 Å². The molecular weight excluding hydrogens is 312 g/mol. The fourth-order valence-corrected chi connectivity index (χ4v) is 4.79. The predicted octanol–water partition coefficient (Wildman–Crippen LogP) is 3.22. The normalized spacial score (nSPS) is 10.4. The minimum atomic E-state index is -1.83. The lowest BCUT2D eigenvalue weighted by Gasteiger charge is -2.20. The van der Waals surface area contributed by atoms with Crippen molar-refractivity contribution in [1.82, 2.24) is 0 Å². The molecule has 0 atom stereocenters. The second-order valence-corrected chi connectivity index (χ2v) is 7.80. The molecule has 0 N–H and O–H groups in total. The van der Waals surface area contributed by atoms with Crippen molar-refractivity contribution < 1.29 is 9.16 Å². The topological polar surface area (TPSA) is 18.5 Å². The third kappa shape index (κ3) is 3.75. The van der Waals surface area contributed by atoms with E-state index in [1.807, 2.05) is 36.4 Å². The molecule has 0 heterocycles. The molecule has 120 valence electrons. The molecular formula is C21H20O2Si. The van der Waals surface area contributed by atoms with Crippen molar-refractivity contribution in [3.05, 3.63) is 97.1 Å². The Bertz CT molecular complexity index is 744. The SMILES string of the molecule is C=C(O[SiH](c1ccccc1)c1ccccc1)c1ccc(OC)cc1.